The first kappa shape index (κ1) is 16.8. The van der Waals surface area contributed by atoms with Gasteiger partial charge in [-0.3, -0.25) is 0 Å². The quantitative estimate of drug-likeness (QED) is 0.903. The Bertz CT molecular complexity index is 777. The van der Waals surface area contributed by atoms with Crippen molar-refractivity contribution in [1.82, 2.24) is 14.3 Å². The molecule has 0 saturated carbocycles. The summed E-state index contributed by atoms with van der Waals surface area (Å²) in [5.41, 5.74) is 1.25. The van der Waals surface area contributed by atoms with Gasteiger partial charge in [0.15, 0.2) is 0 Å². The molecule has 0 unspecified atom stereocenters. The minimum Gasteiger partial charge on any atom is -0.497 e. The fourth-order valence-corrected chi connectivity index (χ4v) is 3.85. The fraction of sp³-hybridized carbons (Fsp3) is 0.357. The molecule has 6 nitrogen and oxygen atoms in total. The van der Waals surface area contributed by atoms with Crippen LogP contribution in [0.1, 0.15) is 17.0 Å². The Morgan fingerprint density at radius 2 is 1.91 bits per heavy atom. The zero-order valence-corrected chi connectivity index (χ0v) is 14.4. The number of sulfonamides is 1. The Kier molecular flexibility index (Phi) is 4.79. The van der Waals surface area contributed by atoms with Crippen molar-refractivity contribution in [2.24, 2.45) is 7.05 Å². The second kappa shape index (κ2) is 6.28. The zero-order chi connectivity index (χ0) is 16.5. The zero-order valence-electron chi connectivity index (χ0n) is 12.8. The maximum absolute atomic E-state index is 12.5. The van der Waals surface area contributed by atoms with Crippen LogP contribution >= 0.6 is 11.6 Å². The number of methoxy groups -OCH3 is 1. The number of rotatable bonds is 5. The highest BCUT2D eigenvalue weighted by Gasteiger charge is 2.21. The molecule has 1 heterocycles. The highest BCUT2D eigenvalue weighted by atomic mass is 35.5. The average molecular weight is 344 g/mol. The van der Waals surface area contributed by atoms with E-state index >= 15 is 0 Å². The summed E-state index contributed by atoms with van der Waals surface area (Å²) in [5, 5.41) is 0.450. The molecule has 0 spiro atoms. The number of aryl methyl sites for hydroxylation is 2. The lowest BCUT2D eigenvalue weighted by Gasteiger charge is -2.13. The summed E-state index contributed by atoms with van der Waals surface area (Å²) in [6.07, 6.45) is 1.48. The number of nitrogens with zero attached hydrogens (tertiary/aromatic N) is 2. The third-order valence-corrected chi connectivity index (χ3v) is 5.44. The number of benzene rings is 1. The summed E-state index contributed by atoms with van der Waals surface area (Å²) in [6, 6.07) is 3.39. The van der Waals surface area contributed by atoms with Crippen molar-refractivity contribution < 1.29 is 13.2 Å². The van der Waals surface area contributed by atoms with Crippen LogP contribution in [0.15, 0.2) is 23.2 Å². The molecule has 0 amide bonds. The number of ether oxygens (including phenoxy) is 1. The summed E-state index contributed by atoms with van der Waals surface area (Å²) in [6.45, 7) is 3.54. The molecule has 0 aliphatic carbocycles. The summed E-state index contributed by atoms with van der Waals surface area (Å²) in [4.78, 5) is 4.33. The van der Waals surface area contributed by atoms with Gasteiger partial charge in [0.25, 0.3) is 0 Å². The molecule has 0 fully saturated rings. The van der Waals surface area contributed by atoms with Crippen LogP contribution in [0.25, 0.3) is 0 Å². The van der Waals surface area contributed by atoms with Gasteiger partial charge in [0, 0.05) is 7.05 Å². The average Bonchev–Trinajstić information content (AvgIpc) is 2.75. The molecule has 120 valence electrons. The molecule has 0 saturated heterocycles. The van der Waals surface area contributed by atoms with Gasteiger partial charge in [-0.1, -0.05) is 11.6 Å². The van der Waals surface area contributed by atoms with E-state index in [1.807, 2.05) is 0 Å². The Hall–Kier alpha value is -1.57. The number of halogens is 1. The van der Waals surface area contributed by atoms with Gasteiger partial charge in [-0.2, -0.15) is 0 Å². The minimum absolute atomic E-state index is 0.0659. The fourth-order valence-electron chi connectivity index (χ4n) is 2.27. The molecule has 2 rings (SSSR count). The molecule has 8 heteroatoms. The van der Waals surface area contributed by atoms with Crippen molar-refractivity contribution in [3.63, 3.8) is 0 Å². The molecular formula is C14H18ClN3O3S. The number of hydrogen-bond acceptors (Lipinski definition) is 4. The van der Waals surface area contributed by atoms with E-state index in [9.17, 15) is 8.42 Å². The topological polar surface area (TPSA) is 73.2 Å². The molecule has 0 aliphatic heterocycles. The lowest BCUT2D eigenvalue weighted by Crippen LogP contribution is -2.26. The van der Waals surface area contributed by atoms with Crippen LogP contribution in [0, 0.1) is 13.8 Å². The molecule has 1 aromatic heterocycles. The molecule has 0 bridgehead atoms. The Morgan fingerprint density at radius 1 is 1.32 bits per heavy atom. The molecule has 1 aromatic carbocycles. The van der Waals surface area contributed by atoms with Crippen LogP contribution < -0.4 is 9.46 Å². The summed E-state index contributed by atoms with van der Waals surface area (Å²) in [5.74, 6) is 1.17. The van der Waals surface area contributed by atoms with E-state index in [4.69, 9.17) is 16.3 Å². The van der Waals surface area contributed by atoms with Crippen molar-refractivity contribution in [3.8, 4) is 5.75 Å². The van der Waals surface area contributed by atoms with Crippen LogP contribution in [0.4, 0.5) is 0 Å². The van der Waals surface area contributed by atoms with Crippen LogP contribution in [-0.2, 0) is 23.6 Å². The number of hydrogen-bond donors (Lipinski definition) is 1. The number of aromatic nitrogens is 2. The van der Waals surface area contributed by atoms with E-state index in [1.165, 1.54) is 6.20 Å². The van der Waals surface area contributed by atoms with E-state index in [2.05, 4.69) is 9.71 Å². The second-order valence-corrected chi connectivity index (χ2v) is 7.06. The van der Waals surface area contributed by atoms with E-state index in [0.717, 1.165) is 0 Å². The normalized spacial score (nSPS) is 11.7. The predicted octanol–water partition coefficient (Wildman–Crippen LogP) is 2.18. The van der Waals surface area contributed by atoms with Crippen molar-refractivity contribution in [1.29, 1.82) is 0 Å². The number of imidazole rings is 1. The molecule has 22 heavy (non-hydrogen) atoms. The van der Waals surface area contributed by atoms with Crippen LogP contribution in [-0.4, -0.2) is 25.1 Å². The smallest absolute Gasteiger partial charge is 0.241 e. The van der Waals surface area contributed by atoms with Gasteiger partial charge in [0.2, 0.25) is 10.0 Å². The molecular weight excluding hydrogens is 326 g/mol. The summed E-state index contributed by atoms with van der Waals surface area (Å²) >= 11 is 5.89. The van der Waals surface area contributed by atoms with Crippen LogP contribution in [0.3, 0.4) is 0 Å². The first-order valence-corrected chi connectivity index (χ1v) is 8.43. The monoisotopic (exact) mass is 343 g/mol. The molecule has 0 atom stereocenters. The maximum atomic E-state index is 12.5. The van der Waals surface area contributed by atoms with E-state index < -0.39 is 10.0 Å². The first-order chi connectivity index (χ1) is 10.3. The van der Waals surface area contributed by atoms with Gasteiger partial charge in [-0.05, 0) is 37.1 Å². The lowest BCUT2D eigenvalue weighted by molar-refractivity contribution is 0.413. The van der Waals surface area contributed by atoms with Gasteiger partial charge < -0.3 is 9.30 Å². The predicted molar refractivity (Wildman–Crippen MR) is 84.7 cm³/mol. The van der Waals surface area contributed by atoms with Gasteiger partial charge in [0.1, 0.15) is 16.7 Å². The molecule has 1 N–H and O–H groups in total. The largest absolute Gasteiger partial charge is 0.497 e. The Labute approximate surface area is 135 Å². The van der Waals surface area contributed by atoms with Crippen molar-refractivity contribution in [3.05, 3.63) is 40.4 Å². The van der Waals surface area contributed by atoms with Gasteiger partial charge in [-0.25, -0.2) is 18.1 Å². The first-order valence-electron chi connectivity index (χ1n) is 6.57. The van der Waals surface area contributed by atoms with E-state index in [1.54, 1.807) is 44.7 Å². The Balaban J connectivity index is 2.29. The lowest BCUT2D eigenvalue weighted by atomic mass is 10.1. The Morgan fingerprint density at radius 3 is 2.36 bits per heavy atom. The van der Waals surface area contributed by atoms with E-state index in [0.29, 0.717) is 27.9 Å². The second-order valence-electron chi connectivity index (χ2n) is 4.97. The molecule has 0 aliphatic rings. The van der Waals surface area contributed by atoms with Crippen LogP contribution in [0.5, 0.6) is 5.75 Å². The maximum Gasteiger partial charge on any atom is 0.241 e. The molecule has 2 aromatic rings. The highest BCUT2D eigenvalue weighted by molar-refractivity contribution is 7.89. The molecule has 0 radical (unpaired) electrons. The van der Waals surface area contributed by atoms with Crippen molar-refractivity contribution in [2.75, 3.05) is 7.11 Å². The van der Waals surface area contributed by atoms with Gasteiger partial charge in [-0.15, -0.1) is 0 Å². The van der Waals surface area contributed by atoms with Gasteiger partial charge >= 0.3 is 0 Å². The van der Waals surface area contributed by atoms with Crippen LogP contribution in [0.2, 0.25) is 5.15 Å². The summed E-state index contributed by atoms with van der Waals surface area (Å²) < 4.78 is 34.4. The third kappa shape index (κ3) is 3.26. The van der Waals surface area contributed by atoms with E-state index in [-0.39, 0.29) is 11.4 Å². The van der Waals surface area contributed by atoms with Gasteiger partial charge in [0.05, 0.1) is 24.7 Å². The standard InChI is InChI=1S/C14H18ClN3O3S/c1-9-5-11(21-4)6-10(2)14(9)22(19,20)17-8-13-16-7-12(15)18(13)3/h5-7,17H,8H2,1-4H3. The van der Waals surface area contributed by atoms with Crippen molar-refractivity contribution >= 4 is 21.6 Å². The highest BCUT2D eigenvalue weighted by Crippen LogP contribution is 2.25. The summed E-state index contributed by atoms with van der Waals surface area (Å²) in [7, 11) is -0.382. The minimum atomic E-state index is -3.65. The third-order valence-electron chi connectivity index (χ3n) is 3.39. The van der Waals surface area contributed by atoms with Crippen molar-refractivity contribution in [2.45, 2.75) is 25.3 Å². The number of nitrogens with one attached hydrogen (secondary N) is 1. The SMILES string of the molecule is COc1cc(C)c(S(=O)(=O)NCc2ncc(Cl)n2C)c(C)c1.